The van der Waals surface area contributed by atoms with Gasteiger partial charge in [-0.3, -0.25) is 4.68 Å². The molecule has 3 heteroatoms. The molecule has 1 aliphatic carbocycles. The van der Waals surface area contributed by atoms with Crippen LogP contribution in [0.4, 0.5) is 0 Å². The lowest BCUT2D eigenvalue weighted by atomic mass is 9.83. The maximum Gasteiger partial charge on any atom is 0.0762 e. The van der Waals surface area contributed by atoms with E-state index in [1.54, 1.807) is 0 Å². The zero-order valence-corrected chi connectivity index (χ0v) is 10.4. The normalized spacial score (nSPS) is 25.9. The molecule has 0 radical (unpaired) electrons. The predicted octanol–water partition coefficient (Wildman–Crippen LogP) is 2.48. The molecule has 1 aromatic heterocycles. The number of nitrogens with one attached hydrogen (secondary N) is 1. The van der Waals surface area contributed by atoms with Crippen molar-refractivity contribution in [3.8, 4) is 0 Å². The Morgan fingerprint density at radius 1 is 1.44 bits per heavy atom. The molecule has 3 nitrogen and oxygen atoms in total. The van der Waals surface area contributed by atoms with Gasteiger partial charge in [0.15, 0.2) is 0 Å². The molecule has 2 unspecified atom stereocenters. The van der Waals surface area contributed by atoms with Crippen molar-refractivity contribution < 1.29 is 0 Å². The summed E-state index contributed by atoms with van der Waals surface area (Å²) in [5.74, 6) is 0.873. The summed E-state index contributed by atoms with van der Waals surface area (Å²) in [7, 11) is 1.97. The lowest BCUT2D eigenvalue weighted by Crippen LogP contribution is -2.37. The van der Waals surface area contributed by atoms with Crippen LogP contribution >= 0.6 is 0 Å². The van der Waals surface area contributed by atoms with Gasteiger partial charge in [0, 0.05) is 25.8 Å². The number of hydrogen-bond donors (Lipinski definition) is 1. The smallest absolute Gasteiger partial charge is 0.0762 e. The van der Waals surface area contributed by atoms with Crippen molar-refractivity contribution in [3.05, 3.63) is 18.0 Å². The van der Waals surface area contributed by atoms with Gasteiger partial charge in [0.2, 0.25) is 0 Å². The van der Waals surface area contributed by atoms with E-state index >= 15 is 0 Å². The van der Waals surface area contributed by atoms with Gasteiger partial charge in [0.1, 0.15) is 0 Å². The Kier molecular flexibility index (Phi) is 3.99. The molecule has 0 aliphatic heterocycles. The molecule has 1 saturated carbocycles. The number of rotatable bonds is 4. The van der Waals surface area contributed by atoms with Gasteiger partial charge in [0.25, 0.3) is 0 Å². The Balaban J connectivity index is 1.84. The molecule has 0 bridgehead atoms. The van der Waals surface area contributed by atoms with Crippen LogP contribution in [0.25, 0.3) is 0 Å². The van der Waals surface area contributed by atoms with Crippen LogP contribution in [-0.2, 0) is 13.6 Å². The summed E-state index contributed by atoms with van der Waals surface area (Å²) in [6, 6.07) is 2.80. The van der Waals surface area contributed by atoms with Crippen molar-refractivity contribution >= 4 is 0 Å². The zero-order valence-electron chi connectivity index (χ0n) is 10.4. The van der Waals surface area contributed by atoms with Crippen LogP contribution in [0.5, 0.6) is 0 Å². The molecule has 1 fully saturated rings. The van der Waals surface area contributed by atoms with Crippen molar-refractivity contribution in [2.24, 2.45) is 13.0 Å². The van der Waals surface area contributed by atoms with Crippen LogP contribution in [0, 0.1) is 5.92 Å². The Bertz CT molecular complexity index is 319. The Morgan fingerprint density at radius 3 is 2.94 bits per heavy atom. The van der Waals surface area contributed by atoms with Crippen LogP contribution < -0.4 is 5.32 Å². The molecule has 16 heavy (non-hydrogen) atoms. The third-order valence-corrected chi connectivity index (χ3v) is 3.75. The summed E-state index contributed by atoms with van der Waals surface area (Å²) in [5.41, 5.74) is 1.16. The summed E-state index contributed by atoms with van der Waals surface area (Å²) < 4.78 is 1.87. The Hall–Kier alpha value is -0.830. The fourth-order valence-corrected chi connectivity index (χ4v) is 2.76. The van der Waals surface area contributed by atoms with Gasteiger partial charge < -0.3 is 5.32 Å². The minimum Gasteiger partial charge on any atom is -0.308 e. The Morgan fingerprint density at radius 2 is 2.25 bits per heavy atom. The third-order valence-electron chi connectivity index (χ3n) is 3.75. The molecule has 1 aromatic rings. The standard InChI is InChI=1S/C13H23N3/c1-3-11-6-4-5-7-13(11)14-10-12-8-9-16(2)15-12/h8-9,11,13-14H,3-7,10H2,1-2H3. The molecular weight excluding hydrogens is 198 g/mol. The number of aryl methyl sites for hydroxylation is 1. The largest absolute Gasteiger partial charge is 0.308 e. The average molecular weight is 221 g/mol. The van der Waals surface area contributed by atoms with Gasteiger partial charge in [-0.25, -0.2) is 0 Å². The second-order valence-electron chi connectivity index (χ2n) is 4.92. The van der Waals surface area contributed by atoms with Crippen LogP contribution in [-0.4, -0.2) is 15.8 Å². The molecule has 2 atom stereocenters. The van der Waals surface area contributed by atoms with Gasteiger partial charge in [-0.2, -0.15) is 5.10 Å². The summed E-state index contributed by atoms with van der Waals surface area (Å²) >= 11 is 0. The maximum atomic E-state index is 4.40. The van der Waals surface area contributed by atoms with Crippen LogP contribution in [0.15, 0.2) is 12.3 Å². The molecule has 1 heterocycles. The highest BCUT2D eigenvalue weighted by Gasteiger charge is 2.22. The summed E-state index contributed by atoms with van der Waals surface area (Å²) in [5, 5.41) is 8.08. The predicted molar refractivity (Wildman–Crippen MR) is 66.1 cm³/mol. The molecular formula is C13H23N3. The van der Waals surface area contributed by atoms with E-state index in [0.29, 0.717) is 6.04 Å². The number of aromatic nitrogens is 2. The first kappa shape index (κ1) is 11.6. The molecule has 0 amide bonds. The zero-order chi connectivity index (χ0) is 11.4. The molecule has 0 aromatic carbocycles. The highest BCUT2D eigenvalue weighted by Crippen LogP contribution is 2.26. The van der Waals surface area contributed by atoms with Crippen LogP contribution in [0.3, 0.4) is 0 Å². The van der Waals surface area contributed by atoms with Crippen molar-refractivity contribution in [1.29, 1.82) is 0 Å². The number of nitrogens with zero attached hydrogens (tertiary/aromatic N) is 2. The Labute approximate surface area is 98.2 Å². The van der Waals surface area contributed by atoms with E-state index in [1.807, 2.05) is 17.9 Å². The quantitative estimate of drug-likeness (QED) is 0.846. The van der Waals surface area contributed by atoms with Crippen LogP contribution in [0.1, 0.15) is 44.7 Å². The van der Waals surface area contributed by atoms with Gasteiger partial charge in [-0.15, -0.1) is 0 Å². The lowest BCUT2D eigenvalue weighted by Gasteiger charge is -2.31. The maximum absolute atomic E-state index is 4.40. The fraction of sp³-hybridized carbons (Fsp3) is 0.769. The van der Waals surface area contributed by atoms with E-state index in [-0.39, 0.29) is 0 Å². The minimum absolute atomic E-state index is 0.709. The van der Waals surface area contributed by atoms with E-state index in [9.17, 15) is 0 Å². The van der Waals surface area contributed by atoms with Gasteiger partial charge in [-0.1, -0.05) is 26.2 Å². The molecule has 2 rings (SSSR count). The van der Waals surface area contributed by atoms with Crippen LogP contribution in [0.2, 0.25) is 0 Å². The molecule has 0 spiro atoms. The molecule has 90 valence electrons. The van der Waals surface area contributed by atoms with Gasteiger partial charge >= 0.3 is 0 Å². The molecule has 0 saturated heterocycles. The highest BCUT2D eigenvalue weighted by molar-refractivity contribution is 4.98. The van der Waals surface area contributed by atoms with Crippen molar-refractivity contribution in [2.75, 3.05) is 0 Å². The number of hydrogen-bond acceptors (Lipinski definition) is 2. The van der Waals surface area contributed by atoms with Crippen molar-refractivity contribution in [1.82, 2.24) is 15.1 Å². The molecule has 1 N–H and O–H groups in total. The summed E-state index contributed by atoms with van der Waals surface area (Å²) in [6.45, 7) is 3.23. The lowest BCUT2D eigenvalue weighted by molar-refractivity contribution is 0.253. The minimum atomic E-state index is 0.709. The van der Waals surface area contributed by atoms with Crippen molar-refractivity contribution in [3.63, 3.8) is 0 Å². The third kappa shape index (κ3) is 2.85. The van der Waals surface area contributed by atoms with Gasteiger partial charge in [0.05, 0.1) is 5.69 Å². The van der Waals surface area contributed by atoms with E-state index in [4.69, 9.17) is 0 Å². The first-order chi connectivity index (χ1) is 7.79. The summed E-state index contributed by atoms with van der Waals surface area (Å²) in [4.78, 5) is 0. The first-order valence-electron chi connectivity index (χ1n) is 6.51. The average Bonchev–Trinajstić information content (AvgIpc) is 2.73. The second-order valence-corrected chi connectivity index (χ2v) is 4.92. The first-order valence-corrected chi connectivity index (χ1v) is 6.51. The van der Waals surface area contributed by atoms with Crippen molar-refractivity contribution in [2.45, 2.75) is 51.6 Å². The molecule has 1 aliphatic rings. The SMILES string of the molecule is CCC1CCCCC1NCc1ccn(C)n1. The van der Waals surface area contributed by atoms with E-state index in [0.717, 1.165) is 18.2 Å². The second kappa shape index (κ2) is 5.48. The highest BCUT2D eigenvalue weighted by atomic mass is 15.3. The summed E-state index contributed by atoms with van der Waals surface area (Å²) in [6.07, 6.45) is 8.85. The monoisotopic (exact) mass is 221 g/mol. The van der Waals surface area contributed by atoms with E-state index < -0.39 is 0 Å². The topological polar surface area (TPSA) is 29.9 Å². The van der Waals surface area contributed by atoms with E-state index in [1.165, 1.54) is 32.1 Å². The van der Waals surface area contributed by atoms with Gasteiger partial charge in [-0.05, 0) is 24.8 Å². The fourth-order valence-electron chi connectivity index (χ4n) is 2.76. The van der Waals surface area contributed by atoms with E-state index in [2.05, 4.69) is 23.4 Å².